The van der Waals surface area contributed by atoms with Crippen LogP contribution in [-0.2, 0) is 6.42 Å². The summed E-state index contributed by atoms with van der Waals surface area (Å²) in [6.07, 6.45) is 5.15. The van der Waals surface area contributed by atoms with Crippen molar-refractivity contribution in [3.05, 3.63) is 29.6 Å². The highest BCUT2D eigenvalue weighted by Crippen LogP contribution is 2.06. The van der Waals surface area contributed by atoms with Gasteiger partial charge in [-0.1, -0.05) is 6.07 Å². The predicted molar refractivity (Wildman–Crippen MR) is 71.6 cm³/mol. The summed E-state index contributed by atoms with van der Waals surface area (Å²) in [5, 5.41) is 0. The van der Waals surface area contributed by atoms with Crippen LogP contribution in [0.3, 0.4) is 0 Å². The second-order valence-electron chi connectivity index (χ2n) is 3.01. The molecular weight excluding hydrogens is 308 g/mol. The summed E-state index contributed by atoms with van der Waals surface area (Å²) in [5.74, 6) is 0. The molecule has 0 saturated carbocycles. The normalized spacial score (nSPS) is 8.71. The molecule has 0 aliphatic heterocycles. The van der Waals surface area contributed by atoms with Crippen molar-refractivity contribution in [1.82, 2.24) is 4.98 Å². The van der Waals surface area contributed by atoms with E-state index in [1.165, 1.54) is 11.3 Å². The Morgan fingerprint density at radius 3 is 2.57 bits per heavy atom. The highest BCUT2D eigenvalue weighted by molar-refractivity contribution is 8.93. The second-order valence-corrected chi connectivity index (χ2v) is 3.01. The Morgan fingerprint density at radius 1 is 1.29 bits per heavy atom. The van der Waals surface area contributed by atoms with Crippen LogP contribution in [-0.4, -0.2) is 11.5 Å². The van der Waals surface area contributed by atoms with E-state index >= 15 is 0 Å². The molecule has 0 aromatic carbocycles. The van der Waals surface area contributed by atoms with Crippen LogP contribution in [0.2, 0.25) is 0 Å². The lowest BCUT2D eigenvalue weighted by molar-refractivity contribution is 0.729. The molecule has 1 aromatic rings. The van der Waals surface area contributed by atoms with Gasteiger partial charge in [-0.15, -0.1) is 34.0 Å². The summed E-state index contributed by atoms with van der Waals surface area (Å²) in [5.41, 5.74) is 7.91. The molecule has 0 amide bonds. The van der Waals surface area contributed by atoms with Crippen LogP contribution in [0.25, 0.3) is 0 Å². The van der Waals surface area contributed by atoms with E-state index in [2.05, 4.69) is 18.0 Å². The molecule has 0 spiro atoms. The minimum absolute atomic E-state index is 0. The first-order valence-electron chi connectivity index (χ1n) is 4.45. The number of rotatable bonds is 4. The number of aryl methyl sites for hydroxylation is 2. The van der Waals surface area contributed by atoms with Crippen molar-refractivity contribution < 1.29 is 0 Å². The van der Waals surface area contributed by atoms with Gasteiger partial charge >= 0.3 is 0 Å². The number of nitrogens with two attached hydrogens (primary N) is 1. The summed E-state index contributed by atoms with van der Waals surface area (Å²) in [4.78, 5) is 4.31. The summed E-state index contributed by atoms with van der Waals surface area (Å²) < 4.78 is 0. The third-order valence-electron chi connectivity index (χ3n) is 1.99. The van der Waals surface area contributed by atoms with E-state index in [0.717, 1.165) is 25.8 Å². The molecule has 14 heavy (non-hydrogen) atoms. The van der Waals surface area contributed by atoms with Crippen molar-refractivity contribution in [3.63, 3.8) is 0 Å². The molecule has 0 aliphatic rings. The number of hydrogen-bond donors (Lipinski definition) is 1. The van der Waals surface area contributed by atoms with Crippen LogP contribution in [0.15, 0.2) is 18.3 Å². The van der Waals surface area contributed by atoms with E-state index < -0.39 is 0 Å². The fourth-order valence-electron chi connectivity index (χ4n) is 1.22. The lowest BCUT2D eigenvalue weighted by Crippen LogP contribution is -2.00. The molecule has 0 saturated heterocycles. The minimum atomic E-state index is 0. The lowest BCUT2D eigenvalue weighted by atomic mass is 10.1. The van der Waals surface area contributed by atoms with Crippen molar-refractivity contribution in [2.45, 2.75) is 26.2 Å². The van der Waals surface area contributed by atoms with Gasteiger partial charge in [-0.2, -0.15) is 0 Å². The van der Waals surface area contributed by atoms with Crippen LogP contribution in [0.1, 0.15) is 24.1 Å². The summed E-state index contributed by atoms with van der Waals surface area (Å²) >= 11 is 0. The van der Waals surface area contributed by atoms with E-state index in [-0.39, 0.29) is 34.0 Å². The lowest BCUT2D eigenvalue weighted by Gasteiger charge is -2.02. The predicted octanol–water partition coefficient (Wildman–Crippen LogP) is 2.83. The van der Waals surface area contributed by atoms with Crippen LogP contribution >= 0.6 is 34.0 Å². The smallest absolute Gasteiger partial charge is 0.0432 e. The Labute approximate surface area is 107 Å². The van der Waals surface area contributed by atoms with Crippen molar-refractivity contribution >= 4 is 34.0 Å². The van der Waals surface area contributed by atoms with Crippen LogP contribution < -0.4 is 5.73 Å². The van der Waals surface area contributed by atoms with Gasteiger partial charge < -0.3 is 5.73 Å². The van der Waals surface area contributed by atoms with Crippen LogP contribution in [0.5, 0.6) is 0 Å². The summed E-state index contributed by atoms with van der Waals surface area (Å²) in [7, 11) is 0. The molecule has 0 aliphatic carbocycles. The van der Waals surface area contributed by atoms with Crippen molar-refractivity contribution in [2.24, 2.45) is 5.73 Å². The number of aromatic nitrogens is 1. The van der Waals surface area contributed by atoms with Crippen LogP contribution in [0, 0.1) is 6.92 Å². The number of pyridine rings is 1. The molecule has 0 radical (unpaired) electrons. The molecule has 2 nitrogen and oxygen atoms in total. The van der Waals surface area contributed by atoms with Gasteiger partial charge in [0, 0.05) is 11.9 Å². The average Bonchev–Trinajstić information content (AvgIpc) is 2.09. The van der Waals surface area contributed by atoms with E-state index in [1.807, 2.05) is 12.3 Å². The number of halogens is 2. The molecule has 4 heteroatoms. The van der Waals surface area contributed by atoms with Gasteiger partial charge in [0.15, 0.2) is 0 Å². The van der Waals surface area contributed by atoms with Gasteiger partial charge in [-0.3, -0.25) is 4.98 Å². The Hall–Kier alpha value is 0.0700. The second kappa shape index (κ2) is 9.62. The zero-order chi connectivity index (χ0) is 8.81. The first-order valence-corrected chi connectivity index (χ1v) is 4.45. The van der Waals surface area contributed by atoms with E-state index in [0.29, 0.717) is 0 Å². The number of unbranched alkanes of at least 4 members (excludes halogenated alkanes) is 1. The Bertz CT molecular complexity index is 241. The molecule has 1 aromatic heterocycles. The quantitative estimate of drug-likeness (QED) is 0.864. The SMILES string of the molecule is Br.Br.Cc1cccnc1CCCCN. The maximum Gasteiger partial charge on any atom is 0.0432 e. The van der Waals surface area contributed by atoms with E-state index in [1.54, 1.807) is 0 Å². The van der Waals surface area contributed by atoms with Gasteiger partial charge in [-0.05, 0) is 44.4 Å². The molecule has 1 rings (SSSR count). The van der Waals surface area contributed by atoms with E-state index in [4.69, 9.17) is 5.73 Å². The Morgan fingerprint density at radius 2 is 2.00 bits per heavy atom. The highest BCUT2D eigenvalue weighted by atomic mass is 79.9. The topological polar surface area (TPSA) is 38.9 Å². The van der Waals surface area contributed by atoms with Crippen LogP contribution in [0.4, 0.5) is 0 Å². The zero-order valence-corrected chi connectivity index (χ0v) is 11.8. The molecule has 82 valence electrons. The monoisotopic (exact) mass is 324 g/mol. The number of hydrogen-bond acceptors (Lipinski definition) is 2. The highest BCUT2D eigenvalue weighted by Gasteiger charge is 1.96. The van der Waals surface area contributed by atoms with Gasteiger partial charge in [0.2, 0.25) is 0 Å². The summed E-state index contributed by atoms with van der Waals surface area (Å²) in [6, 6.07) is 4.08. The van der Waals surface area contributed by atoms with Crippen molar-refractivity contribution in [3.8, 4) is 0 Å². The fourth-order valence-corrected chi connectivity index (χ4v) is 1.22. The minimum Gasteiger partial charge on any atom is -0.330 e. The summed E-state index contributed by atoms with van der Waals surface area (Å²) in [6.45, 7) is 2.89. The Balaban J connectivity index is 0. The van der Waals surface area contributed by atoms with E-state index in [9.17, 15) is 0 Å². The molecule has 0 atom stereocenters. The first-order chi connectivity index (χ1) is 5.84. The van der Waals surface area contributed by atoms with Gasteiger partial charge in [-0.25, -0.2) is 0 Å². The Kier molecular flexibility index (Phi) is 11.3. The molecule has 1 heterocycles. The molecular formula is C10H18Br2N2. The fraction of sp³-hybridized carbons (Fsp3) is 0.500. The van der Waals surface area contributed by atoms with Crippen molar-refractivity contribution in [2.75, 3.05) is 6.54 Å². The maximum absolute atomic E-state index is 5.41. The maximum atomic E-state index is 5.41. The van der Waals surface area contributed by atoms with Gasteiger partial charge in [0.25, 0.3) is 0 Å². The zero-order valence-electron chi connectivity index (χ0n) is 8.40. The molecule has 0 bridgehead atoms. The van der Waals surface area contributed by atoms with Gasteiger partial charge in [0.05, 0.1) is 0 Å². The molecule has 0 fully saturated rings. The molecule has 2 N–H and O–H groups in total. The first kappa shape index (κ1) is 16.5. The third-order valence-corrected chi connectivity index (χ3v) is 1.99. The largest absolute Gasteiger partial charge is 0.330 e. The average molecular weight is 326 g/mol. The third kappa shape index (κ3) is 5.73. The molecule has 0 unspecified atom stereocenters. The van der Waals surface area contributed by atoms with Gasteiger partial charge in [0.1, 0.15) is 0 Å². The van der Waals surface area contributed by atoms with Crippen molar-refractivity contribution in [1.29, 1.82) is 0 Å². The standard InChI is InChI=1S/C10H16N2.2BrH/c1-9-5-4-8-12-10(9)6-2-3-7-11;;/h4-5,8H,2-3,6-7,11H2,1H3;2*1H. The number of nitrogens with zero attached hydrogens (tertiary/aromatic N) is 1.